The highest BCUT2D eigenvalue weighted by Crippen LogP contribution is 2.44. The predicted molar refractivity (Wildman–Crippen MR) is 59.3 cm³/mol. The van der Waals surface area contributed by atoms with Crippen LogP contribution in [0.15, 0.2) is 12.1 Å². The molecule has 78 valence electrons. The number of hydrogen-bond donors (Lipinski definition) is 1. The number of hydrogen-bond acceptors (Lipinski definition) is 1. The van der Waals surface area contributed by atoms with Crippen LogP contribution >= 0.6 is 0 Å². The summed E-state index contributed by atoms with van der Waals surface area (Å²) in [6.45, 7) is 7.38. The monoisotopic (exact) mass is 192 g/mol. The van der Waals surface area contributed by atoms with Crippen LogP contribution in [0.4, 0.5) is 0 Å². The highest BCUT2D eigenvalue weighted by Gasteiger charge is 2.42. The molecule has 1 aliphatic rings. The lowest BCUT2D eigenvalue weighted by molar-refractivity contribution is 0.272. The summed E-state index contributed by atoms with van der Waals surface area (Å²) in [5, 5.41) is 0. The van der Waals surface area contributed by atoms with Crippen LogP contribution in [0.2, 0.25) is 0 Å². The molecule has 0 aromatic carbocycles. The molecule has 2 nitrogen and oxygen atoms in total. The summed E-state index contributed by atoms with van der Waals surface area (Å²) in [6, 6.07) is 4.37. The van der Waals surface area contributed by atoms with E-state index >= 15 is 0 Å². The second kappa shape index (κ2) is 3.13. The lowest BCUT2D eigenvalue weighted by Crippen LogP contribution is -2.41. The Morgan fingerprint density at radius 1 is 1.36 bits per heavy atom. The van der Waals surface area contributed by atoms with Crippen molar-refractivity contribution >= 4 is 0 Å². The molecule has 1 aliphatic carbocycles. The fourth-order valence-corrected chi connectivity index (χ4v) is 2.62. The summed E-state index contributed by atoms with van der Waals surface area (Å²) in [6.07, 6.45) is 2.68. The number of nitrogens with two attached hydrogens (primary N) is 1. The zero-order chi connectivity index (χ0) is 10.3. The summed E-state index contributed by atoms with van der Waals surface area (Å²) in [5.74, 6) is 0.789. The van der Waals surface area contributed by atoms with Gasteiger partial charge in [0.15, 0.2) is 0 Å². The highest BCUT2D eigenvalue weighted by atomic mass is 15.1. The molecule has 1 atom stereocenters. The number of nitrogens with zero attached hydrogens (tertiary/aromatic N) is 1. The third-order valence-electron chi connectivity index (χ3n) is 3.65. The zero-order valence-electron chi connectivity index (χ0n) is 9.38. The van der Waals surface area contributed by atoms with Crippen molar-refractivity contribution in [3.63, 3.8) is 0 Å². The first-order valence-corrected chi connectivity index (χ1v) is 5.45. The first kappa shape index (κ1) is 9.78. The topological polar surface area (TPSA) is 30.9 Å². The van der Waals surface area contributed by atoms with E-state index in [1.54, 1.807) is 0 Å². The van der Waals surface area contributed by atoms with Crippen molar-refractivity contribution in [1.29, 1.82) is 0 Å². The SMILES string of the molecule is Cc1ccc(C)n1C(C)(CN)C1CC1. The van der Waals surface area contributed by atoms with Gasteiger partial charge in [-0.25, -0.2) is 0 Å². The molecule has 1 aromatic heterocycles. The molecule has 1 saturated carbocycles. The lowest BCUT2D eigenvalue weighted by Gasteiger charge is -2.33. The van der Waals surface area contributed by atoms with Crippen molar-refractivity contribution < 1.29 is 0 Å². The molecule has 2 rings (SSSR count). The number of aryl methyl sites for hydroxylation is 2. The Labute approximate surface area is 86.1 Å². The minimum Gasteiger partial charge on any atom is -0.342 e. The summed E-state index contributed by atoms with van der Waals surface area (Å²) in [7, 11) is 0. The summed E-state index contributed by atoms with van der Waals surface area (Å²) in [4.78, 5) is 0. The van der Waals surface area contributed by atoms with Gasteiger partial charge in [-0.15, -0.1) is 0 Å². The van der Waals surface area contributed by atoms with Crippen LogP contribution in [0.5, 0.6) is 0 Å². The van der Waals surface area contributed by atoms with E-state index in [0.717, 1.165) is 12.5 Å². The van der Waals surface area contributed by atoms with Crippen LogP contribution in [-0.2, 0) is 5.54 Å². The first-order valence-electron chi connectivity index (χ1n) is 5.45. The zero-order valence-corrected chi connectivity index (χ0v) is 9.38. The third-order valence-corrected chi connectivity index (χ3v) is 3.65. The van der Waals surface area contributed by atoms with Crippen LogP contribution in [0.25, 0.3) is 0 Å². The predicted octanol–water partition coefficient (Wildman–Crippen LogP) is 2.19. The average molecular weight is 192 g/mol. The molecule has 1 fully saturated rings. The van der Waals surface area contributed by atoms with Gasteiger partial charge in [0.05, 0.1) is 5.54 Å². The molecule has 14 heavy (non-hydrogen) atoms. The van der Waals surface area contributed by atoms with E-state index in [4.69, 9.17) is 5.73 Å². The fourth-order valence-electron chi connectivity index (χ4n) is 2.62. The van der Waals surface area contributed by atoms with Gasteiger partial charge in [-0.3, -0.25) is 0 Å². The van der Waals surface area contributed by atoms with Gasteiger partial charge in [-0.2, -0.15) is 0 Å². The van der Waals surface area contributed by atoms with Crippen LogP contribution in [0, 0.1) is 19.8 Å². The van der Waals surface area contributed by atoms with Gasteiger partial charge in [0.25, 0.3) is 0 Å². The van der Waals surface area contributed by atoms with Gasteiger partial charge < -0.3 is 10.3 Å². The molecule has 0 saturated heterocycles. The molecular formula is C12H20N2. The highest BCUT2D eigenvalue weighted by molar-refractivity contribution is 5.19. The fraction of sp³-hybridized carbons (Fsp3) is 0.667. The van der Waals surface area contributed by atoms with Crippen molar-refractivity contribution in [1.82, 2.24) is 4.57 Å². The van der Waals surface area contributed by atoms with Gasteiger partial charge >= 0.3 is 0 Å². The second-order valence-corrected chi connectivity index (χ2v) is 4.79. The largest absolute Gasteiger partial charge is 0.342 e. The van der Waals surface area contributed by atoms with E-state index < -0.39 is 0 Å². The molecule has 1 heterocycles. The Morgan fingerprint density at radius 2 is 1.86 bits per heavy atom. The van der Waals surface area contributed by atoms with Crippen LogP contribution in [0.1, 0.15) is 31.2 Å². The first-order chi connectivity index (χ1) is 6.59. The van der Waals surface area contributed by atoms with Gasteiger partial charge in [0, 0.05) is 17.9 Å². The Balaban J connectivity index is 2.44. The quantitative estimate of drug-likeness (QED) is 0.782. The summed E-state index contributed by atoms with van der Waals surface area (Å²) < 4.78 is 2.42. The maximum absolute atomic E-state index is 5.96. The van der Waals surface area contributed by atoms with E-state index in [1.165, 1.54) is 24.2 Å². The third kappa shape index (κ3) is 1.29. The van der Waals surface area contributed by atoms with Gasteiger partial charge in [0.2, 0.25) is 0 Å². The average Bonchev–Trinajstić information content (AvgIpc) is 2.94. The van der Waals surface area contributed by atoms with E-state index in [0.29, 0.717) is 0 Å². The van der Waals surface area contributed by atoms with E-state index in [9.17, 15) is 0 Å². The van der Waals surface area contributed by atoms with E-state index in [1.807, 2.05) is 0 Å². The molecule has 0 amide bonds. The minimum absolute atomic E-state index is 0.150. The minimum atomic E-state index is 0.150. The van der Waals surface area contributed by atoms with Crippen molar-refractivity contribution in [2.45, 2.75) is 39.2 Å². The Hall–Kier alpha value is -0.760. The Kier molecular flexibility index (Phi) is 2.18. The maximum Gasteiger partial charge on any atom is 0.0566 e. The van der Waals surface area contributed by atoms with Gasteiger partial charge in [-0.05, 0) is 51.7 Å². The maximum atomic E-state index is 5.96. The Bertz CT molecular complexity index is 317. The standard InChI is InChI=1S/C12H20N2/c1-9-4-5-10(2)14(9)12(3,8-13)11-6-7-11/h4-5,11H,6-8,13H2,1-3H3. The van der Waals surface area contributed by atoms with Crippen molar-refractivity contribution in [3.05, 3.63) is 23.5 Å². The molecule has 0 bridgehead atoms. The van der Waals surface area contributed by atoms with E-state index in [2.05, 4.69) is 37.5 Å². The van der Waals surface area contributed by atoms with Crippen molar-refractivity contribution in [3.8, 4) is 0 Å². The van der Waals surface area contributed by atoms with Crippen molar-refractivity contribution in [2.24, 2.45) is 11.7 Å². The lowest BCUT2D eigenvalue weighted by atomic mass is 9.95. The molecule has 0 aliphatic heterocycles. The smallest absolute Gasteiger partial charge is 0.0566 e. The molecule has 0 radical (unpaired) electrons. The normalized spacial score (nSPS) is 20.9. The molecule has 2 N–H and O–H groups in total. The van der Waals surface area contributed by atoms with Crippen LogP contribution in [-0.4, -0.2) is 11.1 Å². The molecule has 0 spiro atoms. The van der Waals surface area contributed by atoms with Crippen LogP contribution in [0.3, 0.4) is 0 Å². The number of rotatable bonds is 3. The van der Waals surface area contributed by atoms with E-state index in [-0.39, 0.29) is 5.54 Å². The van der Waals surface area contributed by atoms with Crippen molar-refractivity contribution in [2.75, 3.05) is 6.54 Å². The summed E-state index contributed by atoms with van der Waals surface area (Å²) >= 11 is 0. The summed E-state index contributed by atoms with van der Waals surface area (Å²) in [5.41, 5.74) is 8.78. The number of aromatic nitrogens is 1. The second-order valence-electron chi connectivity index (χ2n) is 4.79. The van der Waals surface area contributed by atoms with Gasteiger partial charge in [-0.1, -0.05) is 0 Å². The molecule has 2 heteroatoms. The molecule has 1 aromatic rings. The Morgan fingerprint density at radius 3 is 2.21 bits per heavy atom. The molecular weight excluding hydrogens is 172 g/mol. The molecule has 1 unspecified atom stereocenters. The van der Waals surface area contributed by atoms with Crippen LogP contribution < -0.4 is 5.73 Å². The van der Waals surface area contributed by atoms with Gasteiger partial charge in [0.1, 0.15) is 0 Å².